The normalized spacial score (nSPS) is 10.6. The summed E-state index contributed by atoms with van der Waals surface area (Å²) in [5, 5.41) is 7.99. The molecule has 0 saturated carbocycles. The lowest BCUT2D eigenvalue weighted by molar-refractivity contribution is 0.0600. The van der Waals surface area contributed by atoms with E-state index in [0.717, 1.165) is 0 Å². The maximum Gasteiger partial charge on any atom is 0.337 e. The number of ether oxygens (including phenoxy) is 1. The summed E-state index contributed by atoms with van der Waals surface area (Å²) in [5.41, 5.74) is 0.674. The first kappa shape index (κ1) is 20.3. The number of methoxy groups -OCH3 is 1. The Kier molecular flexibility index (Phi) is 5.51. The van der Waals surface area contributed by atoms with Crippen LogP contribution < -0.4 is 10.9 Å². The minimum Gasteiger partial charge on any atom is -0.465 e. The van der Waals surface area contributed by atoms with Crippen LogP contribution in [0.5, 0.6) is 0 Å². The van der Waals surface area contributed by atoms with Crippen molar-refractivity contribution < 1.29 is 14.3 Å². The second-order valence-corrected chi connectivity index (χ2v) is 6.99. The van der Waals surface area contributed by atoms with Crippen LogP contribution in [0.1, 0.15) is 20.8 Å². The van der Waals surface area contributed by atoms with Crippen molar-refractivity contribution in [3.63, 3.8) is 0 Å². The van der Waals surface area contributed by atoms with Crippen molar-refractivity contribution in [1.29, 1.82) is 0 Å². The van der Waals surface area contributed by atoms with E-state index in [1.807, 2.05) is 6.07 Å². The number of nitrogens with zero attached hydrogens (tertiary/aromatic N) is 2. The summed E-state index contributed by atoms with van der Waals surface area (Å²) in [4.78, 5) is 37.9. The Balaban J connectivity index is 1.83. The lowest BCUT2D eigenvalue weighted by Crippen LogP contribution is -2.26. The molecule has 0 bridgehead atoms. The van der Waals surface area contributed by atoms with Crippen molar-refractivity contribution in [3.05, 3.63) is 99.4 Å². The first-order valence-corrected chi connectivity index (χ1v) is 9.64. The summed E-state index contributed by atoms with van der Waals surface area (Å²) in [7, 11) is 1.26. The number of benzene rings is 3. The van der Waals surface area contributed by atoms with E-state index in [2.05, 4.69) is 10.4 Å². The Hall–Kier alpha value is -3.97. The molecule has 8 heteroatoms. The number of carbonyl (C=O) groups excluding carboxylic acids is 2. The molecule has 0 aliphatic rings. The van der Waals surface area contributed by atoms with Gasteiger partial charge in [0.15, 0.2) is 5.69 Å². The van der Waals surface area contributed by atoms with Crippen LogP contribution in [-0.4, -0.2) is 28.8 Å². The Morgan fingerprint density at radius 3 is 2.35 bits per heavy atom. The molecule has 0 spiro atoms. The third-order valence-electron chi connectivity index (χ3n) is 4.66. The molecule has 4 rings (SSSR count). The highest BCUT2D eigenvalue weighted by Gasteiger charge is 2.19. The molecule has 1 N–H and O–H groups in total. The first-order valence-electron chi connectivity index (χ1n) is 9.26. The van der Waals surface area contributed by atoms with E-state index >= 15 is 0 Å². The number of esters is 1. The van der Waals surface area contributed by atoms with Gasteiger partial charge in [-0.2, -0.15) is 9.78 Å². The third kappa shape index (κ3) is 3.91. The van der Waals surface area contributed by atoms with E-state index in [-0.39, 0.29) is 27.5 Å². The number of rotatable bonds is 4. The van der Waals surface area contributed by atoms with E-state index in [1.165, 1.54) is 30.0 Å². The number of carbonyl (C=O) groups is 2. The van der Waals surface area contributed by atoms with Gasteiger partial charge in [0.05, 0.1) is 34.5 Å². The summed E-state index contributed by atoms with van der Waals surface area (Å²) in [5.74, 6) is -1.14. The van der Waals surface area contributed by atoms with Gasteiger partial charge in [0.2, 0.25) is 0 Å². The van der Waals surface area contributed by atoms with Crippen molar-refractivity contribution >= 4 is 39.9 Å². The van der Waals surface area contributed by atoms with Crippen LogP contribution in [0, 0.1) is 0 Å². The second-order valence-electron chi connectivity index (χ2n) is 6.59. The van der Waals surface area contributed by atoms with Crippen molar-refractivity contribution in [2.45, 2.75) is 0 Å². The van der Waals surface area contributed by atoms with Gasteiger partial charge in [0, 0.05) is 5.39 Å². The average molecular weight is 434 g/mol. The standard InChI is InChI=1S/C23H16ClN3O4/c1-31-23(30)14-11-12-18(24)19(13-14)25-21(28)20-16-9-5-6-10-17(16)22(29)27(26-20)15-7-3-2-4-8-15/h2-13H,1H3,(H,25,28). The quantitative estimate of drug-likeness (QED) is 0.490. The highest BCUT2D eigenvalue weighted by molar-refractivity contribution is 6.34. The number of anilines is 1. The van der Waals surface area contributed by atoms with E-state index < -0.39 is 11.9 Å². The number of fused-ring (bicyclic) bond motifs is 1. The molecule has 1 heterocycles. The Labute approximate surface area is 181 Å². The van der Waals surface area contributed by atoms with Crippen molar-refractivity contribution in [2.24, 2.45) is 0 Å². The van der Waals surface area contributed by atoms with Crippen LogP contribution in [0.15, 0.2) is 77.6 Å². The summed E-state index contributed by atoms with van der Waals surface area (Å²) in [6.45, 7) is 0. The van der Waals surface area contributed by atoms with Crippen molar-refractivity contribution in [2.75, 3.05) is 12.4 Å². The van der Waals surface area contributed by atoms with Gasteiger partial charge in [-0.05, 0) is 36.4 Å². The fourth-order valence-corrected chi connectivity index (χ4v) is 3.31. The Bertz CT molecular complexity index is 1370. The van der Waals surface area contributed by atoms with Gasteiger partial charge >= 0.3 is 5.97 Å². The second kappa shape index (κ2) is 8.41. The van der Waals surface area contributed by atoms with Gasteiger partial charge in [0.25, 0.3) is 11.5 Å². The molecule has 0 aliphatic carbocycles. The molecular weight excluding hydrogens is 418 g/mol. The molecule has 31 heavy (non-hydrogen) atoms. The monoisotopic (exact) mass is 433 g/mol. The molecule has 4 aromatic rings. The van der Waals surface area contributed by atoms with Gasteiger partial charge in [-0.3, -0.25) is 9.59 Å². The number of amides is 1. The van der Waals surface area contributed by atoms with Gasteiger partial charge in [-0.15, -0.1) is 0 Å². The summed E-state index contributed by atoms with van der Waals surface area (Å²) < 4.78 is 5.90. The number of hydrogen-bond acceptors (Lipinski definition) is 5. The maximum atomic E-state index is 13.2. The topological polar surface area (TPSA) is 90.3 Å². The number of hydrogen-bond donors (Lipinski definition) is 1. The molecule has 0 saturated heterocycles. The van der Waals surface area contributed by atoms with E-state index in [4.69, 9.17) is 16.3 Å². The largest absolute Gasteiger partial charge is 0.465 e. The molecule has 0 atom stereocenters. The molecule has 7 nitrogen and oxygen atoms in total. The molecule has 1 amide bonds. The molecule has 0 aliphatic heterocycles. The van der Waals surface area contributed by atoms with Crippen molar-refractivity contribution in [3.8, 4) is 5.69 Å². The smallest absolute Gasteiger partial charge is 0.337 e. The third-order valence-corrected chi connectivity index (χ3v) is 4.99. The number of para-hydroxylation sites is 1. The lowest BCUT2D eigenvalue weighted by atomic mass is 10.1. The average Bonchev–Trinajstić information content (AvgIpc) is 2.81. The zero-order valence-corrected chi connectivity index (χ0v) is 17.1. The number of nitrogens with one attached hydrogen (secondary N) is 1. The van der Waals surface area contributed by atoms with Gasteiger partial charge in [-0.1, -0.05) is 48.0 Å². The van der Waals surface area contributed by atoms with E-state index in [1.54, 1.807) is 48.5 Å². The molecule has 154 valence electrons. The molecule has 0 radical (unpaired) electrons. The Morgan fingerprint density at radius 2 is 1.65 bits per heavy atom. The van der Waals surface area contributed by atoms with Gasteiger partial charge in [-0.25, -0.2) is 4.79 Å². The zero-order valence-electron chi connectivity index (χ0n) is 16.3. The molecule has 1 aromatic heterocycles. The minimum absolute atomic E-state index is 0.0404. The van der Waals surface area contributed by atoms with Crippen LogP contribution >= 0.6 is 11.6 Å². The minimum atomic E-state index is -0.579. The lowest BCUT2D eigenvalue weighted by Gasteiger charge is -2.12. The molecule has 0 fully saturated rings. The fourth-order valence-electron chi connectivity index (χ4n) is 3.15. The first-order chi connectivity index (χ1) is 15.0. The van der Waals surface area contributed by atoms with Crippen LogP contribution in [-0.2, 0) is 4.74 Å². The van der Waals surface area contributed by atoms with Crippen LogP contribution in [0.2, 0.25) is 5.02 Å². The molecular formula is C23H16ClN3O4. The maximum absolute atomic E-state index is 13.2. The van der Waals surface area contributed by atoms with Crippen molar-refractivity contribution in [1.82, 2.24) is 9.78 Å². The van der Waals surface area contributed by atoms with Crippen LogP contribution in [0.3, 0.4) is 0 Å². The summed E-state index contributed by atoms with van der Waals surface area (Å²) >= 11 is 6.20. The molecule has 3 aromatic carbocycles. The predicted octanol–water partition coefficient (Wildman–Crippen LogP) is 4.08. The van der Waals surface area contributed by atoms with Crippen LogP contribution in [0.4, 0.5) is 5.69 Å². The number of halogens is 1. The van der Waals surface area contributed by atoms with Gasteiger partial charge in [0.1, 0.15) is 0 Å². The summed E-state index contributed by atoms with van der Waals surface area (Å²) in [6.07, 6.45) is 0. The SMILES string of the molecule is COC(=O)c1ccc(Cl)c(NC(=O)c2nn(-c3ccccc3)c(=O)c3ccccc23)c1. The van der Waals surface area contributed by atoms with E-state index in [0.29, 0.717) is 16.5 Å². The highest BCUT2D eigenvalue weighted by Crippen LogP contribution is 2.25. The number of aromatic nitrogens is 2. The zero-order chi connectivity index (χ0) is 22.0. The van der Waals surface area contributed by atoms with Gasteiger partial charge < -0.3 is 10.1 Å². The van der Waals surface area contributed by atoms with E-state index in [9.17, 15) is 14.4 Å². The highest BCUT2D eigenvalue weighted by atomic mass is 35.5. The molecule has 0 unspecified atom stereocenters. The predicted molar refractivity (Wildman–Crippen MR) is 118 cm³/mol. The Morgan fingerprint density at radius 1 is 0.968 bits per heavy atom. The van der Waals surface area contributed by atoms with Crippen LogP contribution in [0.25, 0.3) is 16.5 Å². The summed E-state index contributed by atoms with van der Waals surface area (Å²) in [6, 6.07) is 19.9. The fraction of sp³-hybridized carbons (Fsp3) is 0.0435.